The molecule has 0 bridgehead atoms. The quantitative estimate of drug-likeness (QED) is 0.0185. The van der Waals surface area contributed by atoms with E-state index < -0.39 is 243 Å². The first-order chi connectivity index (χ1) is 47.4. The van der Waals surface area contributed by atoms with Crippen LogP contribution in [0.1, 0.15) is 18.1 Å². The van der Waals surface area contributed by atoms with Gasteiger partial charge >= 0.3 is 11.9 Å². The first-order valence-electron chi connectivity index (χ1n) is 30.5. The van der Waals surface area contributed by atoms with Crippen LogP contribution in [0, 0.1) is 0 Å². The maximum atomic E-state index is 13.8. The molecule has 1 aliphatic carbocycles. The van der Waals surface area contributed by atoms with Crippen molar-refractivity contribution in [3.05, 3.63) is 100 Å². The van der Waals surface area contributed by atoms with Crippen molar-refractivity contribution in [3.8, 4) is 74.4 Å². The molecule has 5 fully saturated rings. The number of carbonyl (C=O) groups excluding carboxylic acids is 2. The molecule has 6 aliphatic heterocycles. The standard InChI is InChI=1S/C63H72O37/c1-21-42(72)48(78)53(83)59(91-21)90-20-39-47(77)52(82)57(87)63(100-39)96-35-16-26-27(65)14-25(15-34(26)93-58(35)24-12-30(68)43(73)31(69)13-24)92-60-54(84)50(80)45(75)37(98-60)18-88-40(70)8-4-23-3-7-33(29(67)11-23)95-62-56(86)51(81)46(76)38(99-62)19-89-41(71)9-5-22-2-6-32(28(66)10-22)94-61-55(85)49(79)44(74)36(17-64)97-61/h2-16,21,36-39,42,44-57,59-64,66-69,72-87H,17-20H2,1H3/b8-4+,9-5+/t21-,36-,37-,38-,39-,42-,44-,45-,46-,47-,48+,49+,50+,51+,52+,53+,54-,55-,56-,57-,59-,60-,61-,62-,63-/m1/s1. The maximum Gasteiger partial charge on any atom is 0.330 e. The smallest absolute Gasteiger partial charge is 0.330 e. The Morgan fingerprint density at radius 2 is 0.840 bits per heavy atom. The van der Waals surface area contributed by atoms with Crippen LogP contribution in [0.15, 0.2) is 88.1 Å². The van der Waals surface area contributed by atoms with Crippen LogP contribution in [0.5, 0.6) is 51.7 Å². The molecule has 0 unspecified atom stereocenters. The van der Waals surface area contributed by atoms with E-state index in [2.05, 4.69) is 0 Å². The summed E-state index contributed by atoms with van der Waals surface area (Å²) in [5.74, 6) is -8.35. The van der Waals surface area contributed by atoms with E-state index in [4.69, 9.17) is 61.3 Å². The third-order valence-electron chi connectivity index (χ3n) is 16.8. The van der Waals surface area contributed by atoms with Crippen molar-refractivity contribution < 1.29 is 178 Å². The molecule has 21 N–H and O–H groups in total. The Morgan fingerprint density at radius 1 is 0.430 bits per heavy atom. The number of phenolic OH excluding ortho intramolecular Hbond substituents is 5. The highest BCUT2D eigenvalue weighted by Gasteiger charge is 2.51. The number of phenols is 5. The molecule has 37 nitrogen and oxygen atoms in total. The first-order valence-corrected chi connectivity index (χ1v) is 30.5. The summed E-state index contributed by atoms with van der Waals surface area (Å²) in [7, 11) is 0. The number of aromatic hydroxyl groups is 5. The van der Waals surface area contributed by atoms with Crippen LogP contribution in [0.3, 0.4) is 0 Å². The van der Waals surface area contributed by atoms with Crippen molar-refractivity contribution in [2.24, 2.45) is 0 Å². The largest absolute Gasteiger partial charge is 0.504 e. The summed E-state index contributed by atoms with van der Waals surface area (Å²) in [5.41, 5.74) is -1.16. The van der Waals surface area contributed by atoms with Crippen LogP contribution >= 0.6 is 0 Å². The zero-order chi connectivity index (χ0) is 72.5. The molecular formula is C63H72O37. The SMILES string of the molecule is C[C@H]1O[C@@H](OC[C@H]2O[C@@H](Oc3cc4c(=O)cc(O[C@@H]5O[C@H](COC(=O)/C=C/c6ccc(O[C@@H]7O[C@H](COC(=O)/C=C/c8ccc(O[C@@H]9O[C@H](CO)[C@@H](O)[C@H](O)[C@H]9O)c(O)c8)[C@@H](O)[C@H](O)[C@H]7O)c(O)c6)[C@@H](O)[C@H](O)[C@H]5O)cc-4oc3-c3cc(O)c(O)c(O)c3)[C@H](O)[C@@H](O)[C@@H]2O)[C@@H](O)[C@@H](O)[C@@H]1O. The lowest BCUT2D eigenvalue weighted by atomic mass is 9.98. The average molecular weight is 1420 g/mol. The van der Waals surface area contributed by atoms with Crippen LogP contribution in [-0.2, 0) is 47.5 Å². The van der Waals surface area contributed by atoms with Gasteiger partial charge in [-0.2, -0.15) is 0 Å². The molecule has 3 aromatic rings. The Hall–Kier alpha value is -8.17. The second-order valence-electron chi connectivity index (χ2n) is 23.7. The normalized spacial score (nSPS) is 34.8. The zero-order valence-corrected chi connectivity index (χ0v) is 51.8. The van der Waals surface area contributed by atoms with Crippen LogP contribution in [0.4, 0.5) is 0 Å². The van der Waals surface area contributed by atoms with Gasteiger partial charge in [0.05, 0.1) is 24.9 Å². The van der Waals surface area contributed by atoms with E-state index in [0.717, 1.165) is 66.8 Å². The van der Waals surface area contributed by atoms with Gasteiger partial charge in [0.25, 0.3) is 0 Å². The van der Waals surface area contributed by atoms with Gasteiger partial charge in [0, 0.05) is 29.8 Å². The number of benzene rings is 4. The van der Waals surface area contributed by atoms with Crippen LogP contribution < -0.4 is 24.4 Å². The van der Waals surface area contributed by atoms with Crippen LogP contribution in [0.25, 0.3) is 34.8 Å². The number of aliphatic hydroxyl groups excluding tert-OH is 16. The Balaban J connectivity index is 0.742. The molecule has 0 aromatic heterocycles. The van der Waals surface area contributed by atoms with Gasteiger partial charge in [-0.05, 0) is 72.7 Å². The minimum Gasteiger partial charge on any atom is -0.504 e. The van der Waals surface area contributed by atoms with Crippen molar-refractivity contribution in [1.29, 1.82) is 0 Å². The van der Waals surface area contributed by atoms with Crippen molar-refractivity contribution >= 4 is 24.1 Å². The van der Waals surface area contributed by atoms with Crippen molar-refractivity contribution in [2.45, 2.75) is 160 Å². The fourth-order valence-corrected chi connectivity index (χ4v) is 11.0. The minimum absolute atomic E-state index is 0.131. The number of fused-ring (bicyclic) bond motifs is 1. The zero-order valence-electron chi connectivity index (χ0n) is 51.8. The lowest BCUT2D eigenvalue weighted by Gasteiger charge is -2.42. The van der Waals surface area contributed by atoms with Crippen molar-refractivity contribution in [3.63, 3.8) is 0 Å². The first kappa shape index (κ1) is 74.5. The molecule has 0 amide bonds. The topological polar surface area (TPSA) is 600 Å². The molecule has 0 saturated carbocycles. The molecule has 7 aliphatic rings. The highest BCUT2D eigenvalue weighted by atomic mass is 16.7. The van der Waals surface area contributed by atoms with Gasteiger partial charge in [0.15, 0.2) is 63.5 Å². The summed E-state index contributed by atoms with van der Waals surface area (Å²) < 4.78 is 72.5. The molecule has 546 valence electrons. The number of aliphatic hydroxyl groups is 16. The van der Waals surface area contributed by atoms with Gasteiger partial charge in [-0.25, -0.2) is 9.59 Å². The van der Waals surface area contributed by atoms with Gasteiger partial charge in [0.2, 0.25) is 25.2 Å². The summed E-state index contributed by atoms with van der Waals surface area (Å²) in [6.45, 7) is -1.56. The summed E-state index contributed by atoms with van der Waals surface area (Å²) >= 11 is 0. The number of esters is 2. The molecular weight excluding hydrogens is 1350 g/mol. The fraction of sp³-hybridized carbons (Fsp3) is 0.476. The van der Waals surface area contributed by atoms with Crippen LogP contribution in [-0.4, -0.2) is 299 Å². The van der Waals surface area contributed by atoms with E-state index in [1.54, 1.807) is 0 Å². The molecule has 0 radical (unpaired) electrons. The molecule has 0 spiro atoms. The summed E-state index contributed by atoms with van der Waals surface area (Å²) in [6, 6.07) is 12.0. The molecule has 3 aromatic carbocycles. The van der Waals surface area contributed by atoms with Gasteiger partial charge in [-0.15, -0.1) is 0 Å². The summed E-state index contributed by atoms with van der Waals surface area (Å²) in [4.78, 5) is 39.5. The van der Waals surface area contributed by atoms with Gasteiger partial charge in [0.1, 0.15) is 141 Å². The third kappa shape index (κ3) is 16.3. The average Bonchev–Trinajstić information content (AvgIpc) is 0.767. The monoisotopic (exact) mass is 1420 g/mol. The lowest BCUT2D eigenvalue weighted by molar-refractivity contribution is -0.318. The van der Waals surface area contributed by atoms with Gasteiger partial charge < -0.3 is 168 Å². The van der Waals surface area contributed by atoms with E-state index in [-0.39, 0.29) is 39.5 Å². The number of carbonyl (C=O) groups is 2. The second kappa shape index (κ2) is 31.4. The summed E-state index contributed by atoms with van der Waals surface area (Å²) in [6.07, 6.45) is -39.6. The maximum absolute atomic E-state index is 13.8. The van der Waals surface area contributed by atoms with E-state index in [1.807, 2.05) is 0 Å². The van der Waals surface area contributed by atoms with E-state index >= 15 is 0 Å². The molecule has 10 rings (SSSR count). The highest BCUT2D eigenvalue weighted by molar-refractivity contribution is 5.88. The van der Waals surface area contributed by atoms with Crippen molar-refractivity contribution in [1.82, 2.24) is 0 Å². The fourth-order valence-electron chi connectivity index (χ4n) is 11.0. The Bertz CT molecular complexity index is 3730. The molecule has 37 heteroatoms. The Kier molecular flexibility index (Phi) is 23.4. The van der Waals surface area contributed by atoms with Crippen molar-refractivity contribution in [2.75, 3.05) is 26.4 Å². The molecule has 100 heavy (non-hydrogen) atoms. The number of ether oxygens (including phenoxy) is 12. The van der Waals surface area contributed by atoms with E-state index in [9.17, 15) is 122 Å². The van der Waals surface area contributed by atoms with E-state index in [0.29, 0.717) is 0 Å². The Labute approximate surface area is 562 Å². The number of rotatable bonds is 21. The lowest BCUT2D eigenvalue weighted by Crippen LogP contribution is -2.61. The second-order valence-corrected chi connectivity index (χ2v) is 23.7. The molecule has 5 saturated heterocycles. The van der Waals surface area contributed by atoms with Gasteiger partial charge in [-0.1, -0.05) is 12.1 Å². The molecule has 25 atom stereocenters. The van der Waals surface area contributed by atoms with E-state index in [1.165, 1.54) is 31.2 Å². The predicted octanol–water partition coefficient (Wildman–Crippen LogP) is -5.97. The molecule has 6 heterocycles. The minimum atomic E-state index is -2.07. The Morgan fingerprint density at radius 3 is 1.30 bits per heavy atom. The number of hydrogen-bond acceptors (Lipinski definition) is 37. The third-order valence-corrected chi connectivity index (χ3v) is 16.8. The predicted molar refractivity (Wildman–Crippen MR) is 323 cm³/mol. The van der Waals surface area contributed by atoms with Gasteiger partial charge in [-0.3, -0.25) is 4.79 Å². The highest BCUT2D eigenvalue weighted by Crippen LogP contribution is 2.45. The number of hydrogen-bond donors (Lipinski definition) is 21. The van der Waals surface area contributed by atoms with Crippen LogP contribution in [0.2, 0.25) is 0 Å². The summed E-state index contributed by atoms with van der Waals surface area (Å²) in [5, 5.41) is 220.